The smallest absolute Gasteiger partial charge is 0.382 e. The zero-order valence-corrected chi connectivity index (χ0v) is 14.9. The summed E-state index contributed by atoms with van der Waals surface area (Å²) < 4.78 is 73.2. The number of methoxy groups -OCH3 is 2. The molecule has 0 aliphatic heterocycles. The van der Waals surface area contributed by atoms with Gasteiger partial charge in [0.05, 0.1) is 26.4 Å². The van der Waals surface area contributed by atoms with E-state index >= 15 is 0 Å². The third-order valence-electron chi connectivity index (χ3n) is 1.64. The van der Waals surface area contributed by atoms with Gasteiger partial charge in [0.15, 0.2) is 0 Å². The van der Waals surface area contributed by atoms with Crippen molar-refractivity contribution in [1.82, 2.24) is 0 Å². The molecule has 0 aromatic rings. The Bertz CT molecular complexity index is 441. The lowest BCUT2D eigenvalue weighted by Crippen LogP contribution is -2.40. The Balaban J connectivity index is 4.53. The molecule has 21 heavy (non-hydrogen) atoms. The fourth-order valence-electron chi connectivity index (χ4n) is 0.992. The normalized spacial score (nSPS) is 13.5. The molecule has 0 aromatic carbocycles. The average molecular weight is 368 g/mol. The van der Waals surface area contributed by atoms with E-state index in [4.69, 9.17) is 0 Å². The van der Waals surface area contributed by atoms with Crippen LogP contribution in [0.15, 0.2) is 0 Å². The predicted octanol–water partition coefficient (Wildman–Crippen LogP) is -0.463. The van der Waals surface area contributed by atoms with E-state index in [1.54, 1.807) is 0 Å². The van der Waals surface area contributed by atoms with Crippen LogP contribution in [0.1, 0.15) is 0 Å². The van der Waals surface area contributed by atoms with Crippen LogP contribution in [-0.4, -0.2) is 66.0 Å². The van der Waals surface area contributed by atoms with Crippen molar-refractivity contribution in [2.75, 3.05) is 40.6 Å². The van der Waals surface area contributed by atoms with Gasteiger partial charge in [-0.1, -0.05) is 0 Å². The minimum atomic E-state index is -4.40. The Morgan fingerprint density at radius 1 is 0.714 bits per heavy atom. The minimum Gasteiger partial charge on any atom is -0.382 e. The van der Waals surface area contributed by atoms with Crippen LogP contribution in [0.3, 0.4) is 0 Å². The quantitative estimate of drug-likeness (QED) is 0.330. The van der Waals surface area contributed by atoms with E-state index in [2.05, 4.69) is 25.6 Å². The maximum Gasteiger partial charge on any atom is 0.392 e. The largest absolute Gasteiger partial charge is 0.392 e. The highest BCUT2D eigenvalue weighted by molar-refractivity contribution is 7.84. The number of ether oxygens (including phenoxy) is 2. The molecule has 0 atom stereocenters. The molecule has 0 aromatic heterocycles. The molecule has 128 valence electrons. The van der Waals surface area contributed by atoms with Gasteiger partial charge in [-0.2, -0.15) is 16.8 Å². The van der Waals surface area contributed by atoms with E-state index in [1.807, 2.05) is 0 Å². The lowest BCUT2D eigenvalue weighted by atomic mass is 10.8. The highest BCUT2D eigenvalue weighted by atomic mass is 32.3. The summed E-state index contributed by atoms with van der Waals surface area (Å²) >= 11 is 0. The van der Waals surface area contributed by atoms with Gasteiger partial charge in [0, 0.05) is 14.2 Å². The standard InChI is InChI=1S/C8H20O10S2Si/c1-13-5-7-15-19(9,10)17-21(3,4)18-20(11,12)16-8-6-14-2/h5-8H2,1-4H3. The first-order valence-electron chi connectivity index (χ1n) is 5.71. The van der Waals surface area contributed by atoms with Crippen molar-refractivity contribution >= 4 is 29.4 Å². The second-order valence-electron chi connectivity index (χ2n) is 4.01. The Morgan fingerprint density at radius 3 is 1.33 bits per heavy atom. The minimum absolute atomic E-state index is 0.0316. The Hall–Kier alpha value is -0.123. The van der Waals surface area contributed by atoms with Crippen molar-refractivity contribution in [3.63, 3.8) is 0 Å². The maximum atomic E-state index is 11.5. The Labute approximate surface area is 126 Å². The summed E-state index contributed by atoms with van der Waals surface area (Å²) in [6.45, 7) is 1.96. The fourth-order valence-corrected chi connectivity index (χ4v) is 6.22. The summed E-state index contributed by atoms with van der Waals surface area (Å²) in [5, 5.41) is 0. The van der Waals surface area contributed by atoms with Crippen molar-refractivity contribution < 1.29 is 42.4 Å². The van der Waals surface area contributed by atoms with Gasteiger partial charge in [0.1, 0.15) is 0 Å². The van der Waals surface area contributed by atoms with Crippen molar-refractivity contribution in [2.45, 2.75) is 13.1 Å². The first kappa shape index (κ1) is 20.9. The van der Waals surface area contributed by atoms with Gasteiger partial charge in [0.2, 0.25) is 0 Å². The van der Waals surface area contributed by atoms with Gasteiger partial charge in [-0.3, -0.25) is 7.74 Å². The molecule has 0 saturated carbocycles. The van der Waals surface area contributed by atoms with Crippen molar-refractivity contribution in [3.8, 4) is 0 Å². The van der Waals surface area contributed by atoms with Crippen LogP contribution in [0.2, 0.25) is 13.1 Å². The topological polar surface area (TPSA) is 124 Å². The number of hydrogen-bond acceptors (Lipinski definition) is 10. The molecule has 0 unspecified atom stereocenters. The number of hydrogen-bond donors (Lipinski definition) is 0. The van der Waals surface area contributed by atoms with Gasteiger partial charge in [-0.15, -0.1) is 0 Å². The molecule has 0 spiro atoms. The molecule has 0 heterocycles. The third kappa shape index (κ3) is 11.1. The molecule has 0 aliphatic rings. The summed E-state index contributed by atoms with van der Waals surface area (Å²) in [4.78, 5) is 0. The van der Waals surface area contributed by atoms with Crippen LogP contribution in [0.5, 0.6) is 0 Å². The fraction of sp³-hybridized carbons (Fsp3) is 1.00. The maximum absolute atomic E-state index is 11.5. The van der Waals surface area contributed by atoms with Gasteiger partial charge < -0.3 is 9.47 Å². The zero-order chi connectivity index (χ0) is 16.6. The van der Waals surface area contributed by atoms with E-state index in [-0.39, 0.29) is 26.4 Å². The highest BCUT2D eigenvalue weighted by Gasteiger charge is 2.38. The van der Waals surface area contributed by atoms with Crippen LogP contribution in [0.25, 0.3) is 0 Å². The first-order chi connectivity index (χ1) is 9.54. The Kier molecular flexibility index (Phi) is 9.06. The van der Waals surface area contributed by atoms with E-state index in [9.17, 15) is 16.8 Å². The van der Waals surface area contributed by atoms with Crippen LogP contribution in [0.4, 0.5) is 0 Å². The lowest BCUT2D eigenvalue weighted by molar-refractivity contribution is 0.136. The molecule has 0 radical (unpaired) electrons. The van der Waals surface area contributed by atoms with E-state index in [0.29, 0.717) is 0 Å². The summed E-state index contributed by atoms with van der Waals surface area (Å²) in [5.74, 6) is 0. The van der Waals surface area contributed by atoms with Crippen LogP contribution in [0, 0.1) is 0 Å². The second-order valence-corrected chi connectivity index (χ2v) is 10.2. The van der Waals surface area contributed by atoms with E-state index in [0.717, 1.165) is 0 Å². The molecule has 0 saturated heterocycles. The summed E-state index contributed by atoms with van der Waals surface area (Å²) in [6, 6.07) is 0. The van der Waals surface area contributed by atoms with Gasteiger partial charge >= 0.3 is 29.4 Å². The molecule has 0 N–H and O–H groups in total. The molecule has 0 amide bonds. The second kappa shape index (κ2) is 9.11. The molecular formula is C8H20O10S2Si. The first-order valence-corrected chi connectivity index (χ1v) is 11.2. The van der Waals surface area contributed by atoms with E-state index < -0.39 is 29.4 Å². The van der Waals surface area contributed by atoms with Crippen molar-refractivity contribution in [3.05, 3.63) is 0 Å². The van der Waals surface area contributed by atoms with Gasteiger partial charge in [-0.05, 0) is 13.1 Å². The Morgan fingerprint density at radius 2 is 1.05 bits per heavy atom. The predicted molar refractivity (Wildman–Crippen MR) is 73.1 cm³/mol. The summed E-state index contributed by atoms with van der Waals surface area (Å²) in [6.07, 6.45) is 0. The third-order valence-corrected chi connectivity index (χ3v) is 7.39. The monoisotopic (exact) mass is 368 g/mol. The molecule has 13 heteroatoms. The van der Waals surface area contributed by atoms with Crippen LogP contribution < -0.4 is 0 Å². The molecule has 0 rings (SSSR count). The number of rotatable bonds is 12. The zero-order valence-electron chi connectivity index (χ0n) is 12.2. The van der Waals surface area contributed by atoms with Crippen molar-refractivity contribution in [1.29, 1.82) is 0 Å². The van der Waals surface area contributed by atoms with Crippen LogP contribution >= 0.6 is 0 Å². The highest BCUT2D eigenvalue weighted by Crippen LogP contribution is 2.16. The van der Waals surface area contributed by atoms with E-state index in [1.165, 1.54) is 27.3 Å². The van der Waals surface area contributed by atoms with Crippen molar-refractivity contribution in [2.24, 2.45) is 0 Å². The SMILES string of the molecule is COCCOS(=O)(=O)O[Si](C)(C)OS(=O)(=O)OCCOC. The molecular weight excluding hydrogens is 348 g/mol. The average Bonchev–Trinajstić information content (AvgIpc) is 2.25. The molecule has 10 nitrogen and oxygen atoms in total. The van der Waals surface area contributed by atoms with Gasteiger partial charge in [-0.25, -0.2) is 8.37 Å². The molecule has 0 fully saturated rings. The summed E-state index contributed by atoms with van der Waals surface area (Å²) in [5.41, 5.74) is 0. The van der Waals surface area contributed by atoms with Gasteiger partial charge in [0.25, 0.3) is 0 Å². The lowest BCUT2D eigenvalue weighted by Gasteiger charge is -2.20. The molecule has 0 bridgehead atoms. The molecule has 0 aliphatic carbocycles. The summed E-state index contributed by atoms with van der Waals surface area (Å²) in [7, 11) is -9.67. The van der Waals surface area contributed by atoms with Crippen LogP contribution in [-0.2, 0) is 46.4 Å².